The number of primary sulfonamides is 1. The van der Waals surface area contributed by atoms with Crippen molar-refractivity contribution in [2.24, 2.45) is 5.14 Å². The number of ether oxygens (including phenoxy) is 1. The third-order valence-electron chi connectivity index (χ3n) is 2.50. The first kappa shape index (κ1) is 15.4. The summed E-state index contributed by atoms with van der Waals surface area (Å²) < 4.78 is 29.2. The fourth-order valence-corrected chi connectivity index (χ4v) is 2.60. The zero-order valence-electron chi connectivity index (χ0n) is 10.4. The van der Waals surface area contributed by atoms with Gasteiger partial charge in [0.25, 0.3) is 5.69 Å². The van der Waals surface area contributed by atoms with Gasteiger partial charge in [-0.05, 0) is 34.1 Å². The van der Waals surface area contributed by atoms with E-state index in [1.807, 2.05) is 0 Å². The van der Waals surface area contributed by atoms with E-state index in [1.54, 1.807) is 24.3 Å². The Morgan fingerprint density at radius 3 is 2.38 bits per heavy atom. The molecule has 0 aliphatic heterocycles. The molecule has 0 radical (unpaired) electrons. The van der Waals surface area contributed by atoms with Crippen LogP contribution in [-0.4, -0.2) is 13.3 Å². The van der Waals surface area contributed by atoms with Crippen LogP contribution in [0.1, 0.15) is 0 Å². The lowest BCUT2D eigenvalue weighted by molar-refractivity contribution is -0.385. The number of para-hydroxylation sites is 1. The summed E-state index contributed by atoms with van der Waals surface area (Å²) in [5.74, 6) is 0.270. The van der Waals surface area contributed by atoms with Crippen molar-refractivity contribution >= 4 is 31.6 Å². The number of nitro benzene ring substituents is 1. The first-order chi connectivity index (χ1) is 9.79. The maximum absolute atomic E-state index is 11.6. The summed E-state index contributed by atoms with van der Waals surface area (Å²) in [4.78, 5) is 9.56. The van der Waals surface area contributed by atoms with Gasteiger partial charge in [0.05, 0.1) is 9.40 Å². The second kappa shape index (κ2) is 5.80. The maximum Gasteiger partial charge on any atom is 0.271 e. The van der Waals surface area contributed by atoms with Crippen LogP contribution in [0.4, 0.5) is 5.69 Å². The molecular formula is C12H9BrN2O5S. The highest BCUT2D eigenvalue weighted by Gasteiger charge is 2.21. The SMILES string of the molecule is NS(=O)(=O)c1cc([N+](=O)[O-])ccc1Oc1ccccc1Br. The molecule has 0 amide bonds. The van der Waals surface area contributed by atoms with Gasteiger partial charge in [-0.1, -0.05) is 12.1 Å². The average Bonchev–Trinajstić information content (AvgIpc) is 2.40. The highest BCUT2D eigenvalue weighted by molar-refractivity contribution is 9.10. The number of nitro groups is 1. The Kier molecular flexibility index (Phi) is 4.26. The van der Waals surface area contributed by atoms with Crippen LogP contribution in [-0.2, 0) is 10.0 Å². The highest BCUT2D eigenvalue weighted by atomic mass is 79.9. The van der Waals surface area contributed by atoms with Crippen molar-refractivity contribution in [3.63, 3.8) is 0 Å². The number of hydrogen-bond acceptors (Lipinski definition) is 5. The molecule has 2 aromatic rings. The van der Waals surface area contributed by atoms with Gasteiger partial charge in [0.1, 0.15) is 16.4 Å². The van der Waals surface area contributed by atoms with Gasteiger partial charge < -0.3 is 4.74 Å². The molecule has 2 N–H and O–H groups in total. The quantitative estimate of drug-likeness (QED) is 0.654. The largest absolute Gasteiger partial charge is 0.455 e. The molecule has 0 saturated heterocycles. The van der Waals surface area contributed by atoms with Crippen LogP contribution in [0.25, 0.3) is 0 Å². The van der Waals surface area contributed by atoms with E-state index in [0.717, 1.165) is 12.1 Å². The van der Waals surface area contributed by atoms with Gasteiger partial charge in [-0.25, -0.2) is 13.6 Å². The Labute approximate surface area is 128 Å². The Morgan fingerprint density at radius 2 is 1.81 bits per heavy atom. The van der Waals surface area contributed by atoms with Crippen LogP contribution in [0.2, 0.25) is 0 Å². The third kappa shape index (κ3) is 3.57. The highest BCUT2D eigenvalue weighted by Crippen LogP contribution is 2.34. The lowest BCUT2D eigenvalue weighted by atomic mass is 10.3. The van der Waals surface area contributed by atoms with Crippen molar-refractivity contribution in [2.75, 3.05) is 0 Å². The van der Waals surface area contributed by atoms with Crippen LogP contribution in [0.15, 0.2) is 51.8 Å². The Hall–Kier alpha value is -1.97. The predicted octanol–water partition coefficient (Wildman–Crippen LogP) is 2.80. The van der Waals surface area contributed by atoms with Crippen LogP contribution in [0.5, 0.6) is 11.5 Å². The zero-order valence-corrected chi connectivity index (χ0v) is 12.8. The summed E-state index contributed by atoms with van der Waals surface area (Å²) in [6, 6.07) is 9.96. The zero-order chi connectivity index (χ0) is 15.6. The molecule has 0 aromatic heterocycles. The van der Waals surface area contributed by atoms with Crippen LogP contribution in [0.3, 0.4) is 0 Å². The van der Waals surface area contributed by atoms with Gasteiger partial charge in [0, 0.05) is 12.1 Å². The summed E-state index contributed by atoms with van der Waals surface area (Å²) >= 11 is 3.25. The Bertz CT molecular complexity index is 807. The number of hydrogen-bond donors (Lipinski definition) is 1. The first-order valence-electron chi connectivity index (χ1n) is 5.52. The predicted molar refractivity (Wildman–Crippen MR) is 78.7 cm³/mol. The van der Waals surface area contributed by atoms with Gasteiger partial charge in [0.15, 0.2) is 0 Å². The van der Waals surface area contributed by atoms with Crippen LogP contribution in [0, 0.1) is 10.1 Å². The van der Waals surface area contributed by atoms with Crippen molar-refractivity contribution in [1.82, 2.24) is 0 Å². The monoisotopic (exact) mass is 372 g/mol. The number of halogens is 1. The Balaban J connectivity index is 2.54. The fraction of sp³-hybridized carbons (Fsp3) is 0. The van der Waals surface area contributed by atoms with Gasteiger partial charge >= 0.3 is 0 Å². The molecule has 0 saturated carbocycles. The van der Waals surface area contributed by atoms with E-state index in [9.17, 15) is 18.5 Å². The van der Waals surface area contributed by atoms with E-state index >= 15 is 0 Å². The van der Waals surface area contributed by atoms with E-state index < -0.39 is 25.5 Å². The molecule has 0 unspecified atom stereocenters. The van der Waals surface area contributed by atoms with E-state index in [0.29, 0.717) is 10.2 Å². The summed E-state index contributed by atoms with van der Waals surface area (Å²) in [6.07, 6.45) is 0. The summed E-state index contributed by atoms with van der Waals surface area (Å²) in [5.41, 5.74) is -0.390. The maximum atomic E-state index is 11.6. The fourth-order valence-electron chi connectivity index (χ4n) is 1.56. The van der Waals surface area contributed by atoms with E-state index in [4.69, 9.17) is 9.88 Å². The molecule has 110 valence electrons. The number of sulfonamides is 1. The van der Waals surface area contributed by atoms with Crippen LogP contribution >= 0.6 is 15.9 Å². The first-order valence-corrected chi connectivity index (χ1v) is 7.86. The standard InChI is InChI=1S/C12H9BrN2O5S/c13-9-3-1-2-4-10(9)20-11-6-5-8(15(16)17)7-12(11)21(14,18)19/h1-7H,(H2,14,18,19). The van der Waals surface area contributed by atoms with Gasteiger partial charge in [-0.2, -0.15) is 0 Å². The number of non-ortho nitro benzene ring substituents is 1. The molecule has 2 rings (SSSR count). The summed E-state index contributed by atoms with van der Waals surface area (Å²) in [5, 5.41) is 15.8. The van der Waals surface area contributed by atoms with Crippen molar-refractivity contribution < 1.29 is 18.1 Å². The lowest BCUT2D eigenvalue weighted by Gasteiger charge is -2.10. The molecule has 0 atom stereocenters. The van der Waals surface area contributed by atoms with Crippen molar-refractivity contribution in [3.8, 4) is 11.5 Å². The molecule has 0 fully saturated rings. The summed E-state index contributed by atoms with van der Waals surface area (Å²) in [7, 11) is -4.17. The molecule has 7 nitrogen and oxygen atoms in total. The van der Waals surface area contributed by atoms with Gasteiger partial charge in [0.2, 0.25) is 10.0 Å². The van der Waals surface area contributed by atoms with Crippen LogP contribution < -0.4 is 9.88 Å². The number of nitrogens with two attached hydrogens (primary N) is 1. The number of benzene rings is 2. The summed E-state index contributed by atoms with van der Waals surface area (Å²) in [6.45, 7) is 0. The molecule has 0 heterocycles. The number of rotatable bonds is 4. The average molecular weight is 373 g/mol. The van der Waals surface area contributed by atoms with Crippen molar-refractivity contribution in [1.29, 1.82) is 0 Å². The molecular weight excluding hydrogens is 364 g/mol. The van der Waals surface area contributed by atoms with E-state index in [1.165, 1.54) is 6.07 Å². The minimum atomic E-state index is -4.17. The molecule has 2 aromatic carbocycles. The second-order valence-corrected chi connectivity index (χ2v) is 6.35. The van der Waals surface area contributed by atoms with Crippen molar-refractivity contribution in [3.05, 3.63) is 57.1 Å². The normalized spacial score (nSPS) is 11.1. The van der Waals surface area contributed by atoms with Gasteiger partial charge in [-0.15, -0.1) is 0 Å². The van der Waals surface area contributed by atoms with Gasteiger partial charge in [-0.3, -0.25) is 10.1 Å². The molecule has 0 bridgehead atoms. The molecule has 9 heteroatoms. The topological polar surface area (TPSA) is 113 Å². The lowest BCUT2D eigenvalue weighted by Crippen LogP contribution is -2.13. The third-order valence-corrected chi connectivity index (χ3v) is 4.09. The number of nitrogens with zero attached hydrogens (tertiary/aromatic N) is 1. The van der Waals surface area contributed by atoms with E-state index in [-0.39, 0.29) is 5.75 Å². The molecule has 0 spiro atoms. The second-order valence-electron chi connectivity index (χ2n) is 3.97. The molecule has 0 aliphatic rings. The molecule has 21 heavy (non-hydrogen) atoms. The smallest absolute Gasteiger partial charge is 0.271 e. The Morgan fingerprint density at radius 1 is 1.14 bits per heavy atom. The van der Waals surface area contributed by atoms with Crippen molar-refractivity contribution in [2.45, 2.75) is 4.90 Å². The minimum absolute atomic E-state index is 0.0880. The van der Waals surface area contributed by atoms with E-state index in [2.05, 4.69) is 15.9 Å². The minimum Gasteiger partial charge on any atom is -0.455 e. The molecule has 0 aliphatic carbocycles.